The van der Waals surface area contributed by atoms with E-state index in [0.717, 1.165) is 0 Å². The predicted octanol–water partition coefficient (Wildman–Crippen LogP) is 5.65. The van der Waals surface area contributed by atoms with Gasteiger partial charge < -0.3 is 4.90 Å². The molecule has 144 valence electrons. The first-order valence-electron chi connectivity index (χ1n) is 8.12. The van der Waals surface area contributed by atoms with Gasteiger partial charge in [0.25, 0.3) is 5.91 Å². The highest BCUT2D eigenvalue weighted by Gasteiger charge is 2.21. The van der Waals surface area contributed by atoms with Crippen molar-refractivity contribution in [2.45, 2.75) is 13.1 Å². The highest BCUT2D eigenvalue weighted by molar-refractivity contribution is 6.35. The van der Waals surface area contributed by atoms with Gasteiger partial charge in [-0.3, -0.25) is 9.78 Å². The number of aromatic nitrogens is 1. The van der Waals surface area contributed by atoms with Crippen LogP contribution in [0.4, 0.5) is 13.2 Å². The van der Waals surface area contributed by atoms with Gasteiger partial charge in [-0.05, 0) is 41.5 Å². The zero-order chi connectivity index (χ0) is 20.3. The average Bonchev–Trinajstić information content (AvgIpc) is 2.67. The predicted molar refractivity (Wildman–Crippen MR) is 101 cm³/mol. The minimum atomic E-state index is -1.63. The Morgan fingerprint density at radius 3 is 2.32 bits per heavy atom. The standard InChI is InChI=1S/C20H13Cl2F3N2O/c21-15-4-3-13(16(22)8-15)11-27(10-12-2-1-5-26-9-12)20(28)14-6-17(23)19(25)18(24)7-14/h1-9H,10-11H2. The van der Waals surface area contributed by atoms with E-state index in [1.54, 1.807) is 36.7 Å². The maximum atomic E-state index is 13.6. The Bertz CT molecular complexity index is 993. The molecule has 28 heavy (non-hydrogen) atoms. The van der Waals surface area contributed by atoms with Gasteiger partial charge in [-0.15, -0.1) is 0 Å². The molecule has 0 radical (unpaired) electrons. The van der Waals surface area contributed by atoms with Crippen LogP contribution < -0.4 is 0 Å². The van der Waals surface area contributed by atoms with Gasteiger partial charge in [0.2, 0.25) is 0 Å². The Balaban J connectivity index is 1.96. The summed E-state index contributed by atoms with van der Waals surface area (Å²) < 4.78 is 40.4. The maximum Gasteiger partial charge on any atom is 0.254 e. The zero-order valence-electron chi connectivity index (χ0n) is 14.3. The van der Waals surface area contributed by atoms with Crippen molar-refractivity contribution < 1.29 is 18.0 Å². The number of benzene rings is 2. The minimum Gasteiger partial charge on any atom is -0.330 e. The van der Waals surface area contributed by atoms with E-state index >= 15 is 0 Å². The highest BCUT2D eigenvalue weighted by atomic mass is 35.5. The Hall–Kier alpha value is -2.57. The van der Waals surface area contributed by atoms with Crippen molar-refractivity contribution in [1.82, 2.24) is 9.88 Å². The van der Waals surface area contributed by atoms with Crippen LogP contribution in [0.15, 0.2) is 54.9 Å². The smallest absolute Gasteiger partial charge is 0.254 e. The molecular weight excluding hydrogens is 412 g/mol. The SMILES string of the molecule is O=C(c1cc(F)c(F)c(F)c1)N(Cc1cccnc1)Cc1ccc(Cl)cc1Cl. The Morgan fingerprint density at radius 2 is 1.71 bits per heavy atom. The molecule has 0 N–H and O–H groups in total. The molecule has 0 aliphatic rings. The van der Waals surface area contributed by atoms with Gasteiger partial charge in [-0.2, -0.15) is 0 Å². The van der Waals surface area contributed by atoms with E-state index in [-0.39, 0.29) is 18.7 Å². The van der Waals surface area contributed by atoms with Crippen molar-refractivity contribution in [1.29, 1.82) is 0 Å². The lowest BCUT2D eigenvalue weighted by Crippen LogP contribution is -2.30. The van der Waals surface area contributed by atoms with Crippen LogP contribution in [-0.4, -0.2) is 15.8 Å². The first kappa shape index (κ1) is 20.2. The highest BCUT2D eigenvalue weighted by Crippen LogP contribution is 2.24. The zero-order valence-corrected chi connectivity index (χ0v) is 15.8. The van der Waals surface area contributed by atoms with Crippen molar-refractivity contribution in [3.63, 3.8) is 0 Å². The lowest BCUT2D eigenvalue weighted by Gasteiger charge is -2.24. The lowest BCUT2D eigenvalue weighted by atomic mass is 10.1. The minimum absolute atomic E-state index is 0.0460. The first-order valence-corrected chi connectivity index (χ1v) is 8.87. The van der Waals surface area contributed by atoms with Gasteiger partial charge in [-0.25, -0.2) is 13.2 Å². The number of carbonyl (C=O) groups is 1. The van der Waals surface area contributed by atoms with Gasteiger partial charge in [0, 0.05) is 41.1 Å². The fourth-order valence-electron chi connectivity index (χ4n) is 2.63. The summed E-state index contributed by atoms with van der Waals surface area (Å²) >= 11 is 12.1. The van der Waals surface area contributed by atoms with Crippen LogP contribution in [-0.2, 0) is 13.1 Å². The fourth-order valence-corrected chi connectivity index (χ4v) is 3.10. The van der Waals surface area contributed by atoms with Gasteiger partial charge in [0.15, 0.2) is 17.5 Å². The number of amides is 1. The number of nitrogens with zero attached hydrogens (tertiary/aromatic N) is 2. The molecule has 2 aromatic carbocycles. The largest absolute Gasteiger partial charge is 0.330 e. The molecule has 0 aliphatic heterocycles. The third-order valence-corrected chi connectivity index (χ3v) is 4.58. The molecule has 0 saturated carbocycles. The van der Waals surface area contributed by atoms with Crippen LogP contribution in [0.2, 0.25) is 10.0 Å². The Kier molecular flexibility index (Phi) is 6.21. The molecule has 3 rings (SSSR count). The molecule has 0 bridgehead atoms. The third-order valence-electron chi connectivity index (χ3n) is 3.99. The summed E-state index contributed by atoms with van der Waals surface area (Å²) in [5.41, 5.74) is 0.973. The second-order valence-corrected chi connectivity index (χ2v) is 6.86. The molecule has 8 heteroatoms. The molecule has 1 aromatic heterocycles. The molecule has 3 aromatic rings. The van der Waals surface area contributed by atoms with Crippen molar-refractivity contribution in [2.24, 2.45) is 0 Å². The van der Waals surface area contributed by atoms with Crippen LogP contribution >= 0.6 is 23.2 Å². The third kappa shape index (κ3) is 4.64. The van der Waals surface area contributed by atoms with E-state index in [1.807, 2.05) is 0 Å². The molecular formula is C20H13Cl2F3N2O. The molecule has 0 aliphatic carbocycles. The summed E-state index contributed by atoms with van der Waals surface area (Å²) in [7, 11) is 0. The summed E-state index contributed by atoms with van der Waals surface area (Å²) in [6.07, 6.45) is 3.14. The molecule has 0 saturated heterocycles. The summed E-state index contributed by atoms with van der Waals surface area (Å²) in [4.78, 5) is 18.3. The van der Waals surface area contributed by atoms with E-state index in [9.17, 15) is 18.0 Å². The van der Waals surface area contributed by atoms with Crippen LogP contribution in [0.5, 0.6) is 0 Å². The molecule has 0 fully saturated rings. The number of carbonyl (C=O) groups excluding carboxylic acids is 1. The van der Waals surface area contributed by atoms with Gasteiger partial charge in [-0.1, -0.05) is 35.3 Å². The second-order valence-electron chi connectivity index (χ2n) is 6.01. The second kappa shape index (κ2) is 8.63. The first-order chi connectivity index (χ1) is 13.3. The van der Waals surface area contributed by atoms with Crippen molar-refractivity contribution in [2.75, 3.05) is 0 Å². The number of rotatable bonds is 5. The Labute approximate surface area is 169 Å². The number of halogens is 5. The topological polar surface area (TPSA) is 33.2 Å². The van der Waals surface area contributed by atoms with Crippen molar-refractivity contribution in [3.05, 3.63) is 99.0 Å². The van der Waals surface area contributed by atoms with Gasteiger partial charge in [0.05, 0.1) is 0 Å². The lowest BCUT2D eigenvalue weighted by molar-refractivity contribution is 0.0728. The normalized spacial score (nSPS) is 10.8. The fraction of sp³-hybridized carbons (Fsp3) is 0.100. The van der Waals surface area contributed by atoms with E-state index in [2.05, 4.69) is 4.98 Å². The van der Waals surface area contributed by atoms with Crippen molar-refractivity contribution >= 4 is 29.1 Å². The molecule has 1 heterocycles. The van der Waals surface area contributed by atoms with Crippen LogP contribution in [0.1, 0.15) is 21.5 Å². The number of hydrogen-bond acceptors (Lipinski definition) is 2. The average molecular weight is 425 g/mol. The molecule has 1 amide bonds. The van der Waals surface area contributed by atoms with Gasteiger partial charge in [0.1, 0.15) is 0 Å². The van der Waals surface area contributed by atoms with E-state index in [1.165, 1.54) is 11.0 Å². The maximum absolute atomic E-state index is 13.6. The van der Waals surface area contributed by atoms with Crippen molar-refractivity contribution in [3.8, 4) is 0 Å². The molecule has 0 unspecified atom stereocenters. The van der Waals surface area contributed by atoms with Crippen LogP contribution in [0.25, 0.3) is 0 Å². The molecule has 0 spiro atoms. The summed E-state index contributed by atoms with van der Waals surface area (Å²) in [5.74, 6) is -5.19. The Morgan fingerprint density at radius 1 is 1.00 bits per heavy atom. The van der Waals surface area contributed by atoms with E-state index < -0.39 is 23.4 Å². The monoisotopic (exact) mass is 424 g/mol. The van der Waals surface area contributed by atoms with E-state index in [4.69, 9.17) is 23.2 Å². The summed E-state index contributed by atoms with van der Waals surface area (Å²) in [5, 5.41) is 0.773. The van der Waals surface area contributed by atoms with Crippen LogP contribution in [0.3, 0.4) is 0 Å². The molecule has 3 nitrogen and oxygen atoms in total. The summed E-state index contributed by atoms with van der Waals surface area (Å²) in [6.45, 7) is 0.149. The van der Waals surface area contributed by atoms with Crippen LogP contribution in [0, 0.1) is 17.5 Å². The number of hydrogen-bond donors (Lipinski definition) is 0. The van der Waals surface area contributed by atoms with Gasteiger partial charge >= 0.3 is 0 Å². The summed E-state index contributed by atoms with van der Waals surface area (Å²) in [6, 6.07) is 9.59. The van der Waals surface area contributed by atoms with E-state index in [0.29, 0.717) is 33.3 Å². The molecule has 0 atom stereocenters. The quantitative estimate of drug-likeness (QED) is 0.495. The number of pyridine rings is 1.